The molecule has 0 atom stereocenters. The van der Waals surface area contributed by atoms with E-state index in [0.29, 0.717) is 24.0 Å². The van der Waals surface area contributed by atoms with Crippen molar-refractivity contribution in [2.24, 2.45) is 5.92 Å². The fourth-order valence-electron chi connectivity index (χ4n) is 3.84. The Morgan fingerprint density at radius 2 is 1.83 bits per heavy atom. The van der Waals surface area contributed by atoms with Crippen molar-refractivity contribution < 1.29 is 14.1 Å². The highest BCUT2D eigenvalue weighted by Gasteiger charge is 2.26. The molecule has 3 aromatic rings. The molecule has 1 amide bonds. The maximum absolute atomic E-state index is 12.8. The van der Waals surface area contributed by atoms with Crippen LogP contribution < -0.4 is 4.74 Å². The van der Waals surface area contributed by atoms with Gasteiger partial charge in [-0.2, -0.15) is 0 Å². The van der Waals surface area contributed by atoms with Crippen LogP contribution in [0.1, 0.15) is 35.8 Å². The summed E-state index contributed by atoms with van der Waals surface area (Å²) in [5.41, 5.74) is 2.62. The van der Waals surface area contributed by atoms with E-state index in [1.165, 1.54) is 5.56 Å². The van der Waals surface area contributed by atoms with Crippen LogP contribution in [0.3, 0.4) is 0 Å². The van der Waals surface area contributed by atoms with Gasteiger partial charge in [0.15, 0.2) is 11.5 Å². The second kappa shape index (κ2) is 8.95. The highest BCUT2D eigenvalue weighted by Crippen LogP contribution is 2.26. The van der Waals surface area contributed by atoms with E-state index in [1.54, 1.807) is 6.07 Å². The second-order valence-corrected chi connectivity index (χ2v) is 7.46. The maximum atomic E-state index is 12.8. The first-order valence-corrected chi connectivity index (χ1v) is 10.3. The zero-order valence-corrected chi connectivity index (χ0v) is 16.7. The highest BCUT2D eigenvalue weighted by atomic mass is 16.5. The van der Waals surface area contributed by atoms with E-state index < -0.39 is 0 Å². The number of likely N-dealkylation sites (tertiary alicyclic amines) is 1. The number of ether oxygens (including phenoxy) is 1. The summed E-state index contributed by atoms with van der Waals surface area (Å²) in [6.45, 7) is 4.11. The van der Waals surface area contributed by atoms with Gasteiger partial charge in [0.05, 0.1) is 6.61 Å². The van der Waals surface area contributed by atoms with Gasteiger partial charge in [-0.15, -0.1) is 0 Å². The van der Waals surface area contributed by atoms with Crippen LogP contribution in [-0.2, 0) is 6.42 Å². The number of aromatic nitrogens is 1. The molecular weight excluding hydrogens is 364 g/mol. The van der Waals surface area contributed by atoms with Crippen molar-refractivity contribution in [3.8, 4) is 17.1 Å². The summed E-state index contributed by atoms with van der Waals surface area (Å²) >= 11 is 0. The van der Waals surface area contributed by atoms with Gasteiger partial charge < -0.3 is 14.2 Å². The Kier molecular flexibility index (Phi) is 5.94. The summed E-state index contributed by atoms with van der Waals surface area (Å²) in [6, 6.07) is 19.9. The van der Waals surface area contributed by atoms with Crippen LogP contribution in [0.5, 0.6) is 5.75 Å². The van der Waals surface area contributed by atoms with Crippen molar-refractivity contribution in [2.75, 3.05) is 19.7 Å². The normalized spacial score (nSPS) is 14.7. The number of amides is 1. The monoisotopic (exact) mass is 390 g/mol. The molecule has 0 radical (unpaired) electrons. The molecule has 0 spiro atoms. The SMILES string of the molecule is CCOc1ccc(-c2cc(C(=O)N3CCC(Cc4ccccc4)CC3)no2)cc1. The number of carbonyl (C=O) groups excluding carboxylic acids is 1. The lowest BCUT2D eigenvalue weighted by molar-refractivity contribution is 0.0680. The molecule has 0 N–H and O–H groups in total. The van der Waals surface area contributed by atoms with E-state index in [-0.39, 0.29) is 5.91 Å². The van der Waals surface area contributed by atoms with E-state index in [1.807, 2.05) is 42.2 Å². The average Bonchev–Trinajstić information content (AvgIpc) is 3.26. The molecule has 0 unspecified atom stereocenters. The smallest absolute Gasteiger partial charge is 0.276 e. The van der Waals surface area contributed by atoms with E-state index >= 15 is 0 Å². The summed E-state index contributed by atoms with van der Waals surface area (Å²) in [7, 11) is 0. The summed E-state index contributed by atoms with van der Waals surface area (Å²) in [5.74, 6) is 1.98. The molecule has 29 heavy (non-hydrogen) atoms. The first-order chi connectivity index (χ1) is 14.2. The van der Waals surface area contributed by atoms with Crippen LogP contribution in [0, 0.1) is 5.92 Å². The third-order valence-corrected chi connectivity index (χ3v) is 5.45. The van der Waals surface area contributed by atoms with Gasteiger partial charge in [0, 0.05) is 24.7 Å². The Morgan fingerprint density at radius 3 is 2.52 bits per heavy atom. The fraction of sp³-hybridized carbons (Fsp3) is 0.333. The first kappa shape index (κ1) is 19.2. The van der Waals surface area contributed by atoms with Crippen LogP contribution in [0.15, 0.2) is 65.2 Å². The maximum Gasteiger partial charge on any atom is 0.276 e. The van der Waals surface area contributed by atoms with E-state index in [2.05, 4.69) is 29.4 Å². The van der Waals surface area contributed by atoms with Gasteiger partial charge in [0.2, 0.25) is 0 Å². The Morgan fingerprint density at radius 1 is 1.10 bits per heavy atom. The van der Waals surface area contributed by atoms with Gasteiger partial charge in [-0.1, -0.05) is 35.5 Å². The highest BCUT2D eigenvalue weighted by molar-refractivity contribution is 5.93. The number of hydrogen-bond acceptors (Lipinski definition) is 4. The molecule has 2 heterocycles. The van der Waals surface area contributed by atoms with E-state index in [0.717, 1.165) is 43.7 Å². The molecule has 0 saturated carbocycles. The van der Waals surface area contributed by atoms with Crippen LogP contribution in [0.4, 0.5) is 0 Å². The lowest BCUT2D eigenvalue weighted by Gasteiger charge is -2.31. The van der Waals surface area contributed by atoms with Gasteiger partial charge in [-0.25, -0.2) is 0 Å². The number of benzene rings is 2. The zero-order chi connectivity index (χ0) is 20.1. The van der Waals surface area contributed by atoms with Crippen LogP contribution >= 0.6 is 0 Å². The zero-order valence-electron chi connectivity index (χ0n) is 16.7. The van der Waals surface area contributed by atoms with Gasteiger partial charge in [0.25, 0.3) is 5.91 Å². The minimum atomic E-state index is -0.0518. The molecular formula is C24H26N2O3. The summed E-state index contributed by atoms with van der Waals surface area (Å²) in [5, 5.41) is 4.02. The van der Waals surface area contributed by atoms with Crippen molar-refractivity contribution in [3.63, 3.8) is 0 Å². The summed E-state index contributed by atoms with van der Waals surface area (Å²) in [6.07, 6.45) is 3.11. The van der Waals surface area contributed by atoms with Crippen molar-refractivity contribution in [1.82, 2.24) is 10.1 Å². The van der Waals surface area contributed by atoms with Crippen LogP contribution in [0.2, 0.25) is 0 Å². The molecule has 2 aromatic carbocycles. The Hall–Kier alpha value is -3.08. The van der Waals surface area contributed by atoms with E-state index in [4.69, 9.17) is 9.26 Å². The quantitative estimate of drug-likeness (QED) is 0.605. The van der Waals surface area contributed by atoms with Crippen LogP contribution in [0.25, 0.3) is 11.3 Å². The minimum Gasteiger partial charge on any atom is -0.494 e. The molecule has 0 bridgehead atoms. The predicted molar refractivity (Wildman–Crippen MR) is 112 cm³/mol. The van der Waals surface area contributed by atoms with Gasteiger partial charge >= 0.3 is 0 Å². The number of nitrogens with zero attached hydrogens (tertiary/aromatic N) is 2. The first-order valence-electron chi connectivity index (χ1n) is 10.3. The molecule has 150 valence electrons. The van der Waals surface area contributed by atoms with E-state index in [9.17, 15) is 4.79 Å². The number of piperidine rings is 1. The Labute approximate surface area is 171 Å². The largest absolute Gasteiger partial charge is 0.494 e. The number of rotatable bonds is 6. The van der Waals surface area contributed by atoms with Crippen molar-refractivity contribution in [3.05, 3.63) is 71.9 Å². The topological polar surface area (TPSA) is 55.6 Å². The summed E-state index contributed by atoms with van der Waals surface area (Å²) < 4.78 is 10.9. The molecule has 1 aliphatic heterocycles. The molecule has 1 fully saturated rings. The Bertz CT molecular complexity index is 926. The molecule has 5 nitrogen and oxygen atoms in total. The lowest BCUT2D eigenvalue weighted by Crippen LogP contribution is -2.39. The van der Waals surface area contributed by atoms with Gasteiger partial charge in [0.1, 0.15) is 5.75 Å². The number of hydrogen-bond donors (Lipinski definition) is 0. The molecule has 0 aliphatic carbocycles. The minimum absolute atomic E-state index is 0.0518. The standard InChI is InChI=1S/C24H26N2O3/c1-2-28-21-10-8-20(9-11-21)23-17-22(25-29-23)24(27)26-14-12-19(13-15-26)16-18-6-4-3-5-7-18/h3-11,17,19H,2,12-16H2,1H3. The van der Waals surface area contributed by atoms with Gasteiger partial charge in [-0.05, 0) is 61.9 Å². The third kappa shape index (κ3) is 4.67. The Balaban J connectivity index is 1.34. The van der Waals surface area contributed by atoms with Crippen molar-refractivity contribution in [1.29, 1.82) is 0 Å². The molecule has 1 saturated heterocycles. The summed E-state index contributed by atoms with van der Waals surface area (Å²) in [4.78, 5) is 14.7. The second-order valence-electron chi connectivity index (χ2n) is 7.46. The predicted octanol–water partition coefficient (Wildman–Crippen LogP) is 4.84. The molecule has 4 rings (SSSR count). The van der Waals surface area contributed by atoms with Crippen molar-refractivity contribution in [2.45, 2.75) is 26.2 Å². The number of carbonyl (C=O) groups is 1. The van der Waals surface area contributed by atoms with Crippen LogP contribution in [-0.4, -0.2) is 35.7 Å². The third-order valence-electron chi connectivity index (χ3n) is 5.45. The molecule has 1 aliphatic rings. The fourth-order valence-corrected chi connectivity index (χ4v) is 3.84. The lowest BCUT2D eigenvalue weighted by atomic mass is 9.90. The average molecular weight is 390 g/mol. The van der Waals surface area contributed by atoms with Crippen molar-refractivity contribution >= 4 is 5.91 Å². The molecule has 5 heteroatoms. The molecule has 1 aromatic heterocycles. The van der Waals surface area contributed by atoms with Gasteiger partial charge in [-0.3, -0.25) is 4.79 Å².